The van der Waals surface area contributed by atoms with E-state index in [1.54, 1.807) is 0 Å². The molecule has 0 atom stereocenters. The largest absolute Gasteiger partial charge is 0.368 e. The second-order valence-corrected chi connectivity index (χ2v) is 5.10. The van der Waals surface area contributed by atoms with Crippen molar-refractivity contribution in [3.63, 3.8) is 0 Å². The van der Waals surface area contributed by atoms with Crippen molar-refractivity contribution in [1.29, 1.82) is 0 Å². The summed E-state index contributed by atoms with van der Waals surface area (Å²) in [5.41, 5.74) is 5.27. The molecule has 3 nitrogen and oxygen atoms in total. The Bertz CT molecular complexity index is 758. The van der Waals surface area contributed by atoms with E-state index in [1.165, 1.54) is 5.56 Å². The number of carbonyl (C=O) groups excluding carboxylic acids is 1. The molecule has 0 fully saturated rings. The Morgan fingerprint density at radius 3 is 2.52 bits per heavy atom. The summed E-state index contributed by atoms with van der Waals surface area (Å²) in [6.45, 7) is 4.07. The lowest BCUT2D eigenvalue weighted by Crippen LogP contribution is -2.06. The molecule has 104 valence electrons. The number of oxime groups is 1. The number of nitrogens with zero attached hydrogens (tertiary/aromatic N) is 1. The molecule has 0 aromatic heterocycles. The zero-order valence-corrected chi connectivity index (χ0v) is 12.0. The van der Waals surface area contributed by atoms with Gasteiger partial charge in [0.05, 0.1) is 5.57 Å². The molecule has 0 unspecified atom stereocenters. The van der Waals surface area contributed by atoms with Gasteiger partial charge < -0.3 is 4.84 Å². The summed E-state index contributed by atoms with van der Waals surface area (Å²) >= 11 is 0. The fourth-order valence-corrected chi connectivity index (χ4v) is 2.36. The highest BCUT2D eigenvalue weighted by Gasteiger charge is 2.26. The first-order valence-corrected chi connectivity index (χ1v) is 6.79. The van der Waals surface area contributed by atoms with E-state index < -0.39 is 5.97 Å². The van der Waals surface area contributed by atoms with Crippen LogP contribution >= 0.6 is 0 Å². The van der Waals surface area contributed by atoms with Crippen LogP contribution in [0, 0.1) is 13.8 Å². The Morgan fingerprint density at radius 2 is 1.81 bits per heavy atom. The second-order valence-electron chi connectivity index (χ2n) is 5.10. The van der Waals surface area contributed by atoms with Crippen molar-refractivity contribution in [2.45, 2.75) is 13.8 Å². The highest BCUT2D eigenvalue weighted by atomic mass is 16.7. The van der Waals surface area contributed by atoms with E-state index in [-0.39, 0.29) is 0 Å². The number of rotatable bonds is 2. The topological polar surface area (TPSA) is 38.7 Å². The van der Waals surface area contributed by atoms with Crippen molar-refractivity contribution in [2.75, 3.05) is 0 Å². The first-order chi connectivity index (χ1) is 10.1. The van der Waals surface area contributed by atoms with Crippen molar-refractivity contribution < 1.29 is 9.63 Å². The number of aryl methyl sites for hydroxylation is 2. The molecular weight excluding hydrogens is 262 g/mol. The predicted octanol–water partition coefficient (Wildman–Crippen LogP) is 3.65. The minimum atomic E-state index is -0.408. The molecule has 3 rings (SSSR count). The molecule has 0 radical (unpaired) electrons. The molecule has 0 saturated heterocycles. The molecule has 2 aromatic rings. The van der Waals surface area contributed by atoms with Gasteiger partial charge in [0.15, 0.2) is 0 Å². The Balaban J connectivity index is 2.05. The van der Waals surface area contributed by atoms with Crippen molar-refractivity contribution >= 4 is 17.8 Å². The standard InChI is InChI=1S/C18H15NO2/c1-12-8-9-15(13(2)10-12)11-16-17(19-21-18(16)20)14-6-4-3-5-7-14/h3-11H,1-2H3/b16-11-. The van der Waals surface area contributed by atoms with Gasteiger partial charge in [-0.3, -0.25) is 0 Å². The lowest BCUT2D eigenvalue weighted by molar-refractivity contribution is -0.136. The van der Waals surface area contributed by atoms with Gasteiger partial charge in [-0.25, -0.2) is 4.79 Å². The molecule has 1 aliphatic rings. The van der Waals surface area contributed by atoms with Crippen LogP contribution in [0.4, 0.5) is 0 Å². The van der Waals surface area contributed by atoms with Crippen LogP contribution in [-0.4, -0.2) is 11.7 Å². The maximum absolute atomic E-state index is 11.9. The third-order valence-electron chi connectivity index (χ3n) is 3.47. The predicted molar refractivity (Wildman–Crippen MR) is 83.0 cm³/mol. The summed E-state index contributed by atoms with van der Waals surface area (Å²) in [6, 6.07) is 15.7. The highest BCUT2D eigenvalue weighted by Crippen LogP contribution is 2.22. The van der Waals surface area contributed by atoms with Crippen LogP contribution in [0.1, 0.15) is 22.3 Å². The quantitative estimate of drug-likeness (QED) is 0.621. The van der Waals surface area contributed by atoms with Gasteiger partial charge in [0.2, 0.25) is 0 Å². The van der Waals surface area contributed by atoms with Gasteiger partial charge >= 0.3 is 5.97 Å². The van der Waals surface area contributed by atoms with Gasteiger partial charge in [0.1, 0.15) is 5.71 Å². The normalized spacial score (nSPS) is 16.0. The van der Waals surface area contributed by atoms with Gasteiger partial charge in [0, 0.05) is 5.56 Å². The third-order valence-corrected chi connectivity index (χ3v) is 3.47. The van der Waals surface area contributed by atoms with E-state index in [1.807, 2.05) is 62.4 Å². The van der Waals surface area contributed by atoms with Crippen LogP contribution in [-0.2, 0) is 9.63 Å². The summed E-state index contributed by atoms with van der Waals surface area (Å²) < 4.78 is 0. The zero-order valence-electron chi connectivity index (χ0n) is 12.0. The molecule has 3 heteroatoms. The summed E-state index contributed by atoms with van der Waals surface area (Å²) in [6.07, 6.45) is 1.84. The molecule has 21 heavy (non-hydrogen) atoms. The molecular formula is C18H15NO2. The van der Waals surface area contributed by atoms with E-state index in [2.05, 4.69) is 11.2 Å². The smallest absolute Gasteiger partial charge is 0.312 e. The highest BCUT2D eigenvalue weighted by molar-refractivity contribution is 6.31. The Morgan fingerprint density at radius 1 is 1.05 bits per heavy atom. The molecule has 0 saturated carbocycles. The van der Waals surface area contributed by atoms with E-state index in [4.69, 9.17) is 4.84 Å². The Hall–Kier alpha value is -2.68. The second kappa shape index (κ2) is 5.37. The summed E-state index contributed by atoms with van der Waals surface area (Å²) in [5.74, 6) is -0.408. The van der Waals surface area contributed by atoms with Gasteiger partial charge in [-0.2, -0.15) is 0 Å². The molecule has 0 spiro atoms. The van der Waals surface area contributed by atoms with Gasteiger partial charge in [-0.15, -0.1) is 0 Å². The van der Waals surface area contributed by atoms with Crippen LogP contribution in [0.25, 0.3) is 6.08 Å². The van der Waals surface area contributed by atoms with Crippen LogP contribution in [0.2, 0.25) is 0 Å². The van der Waals surface area contributed by atoms with Crippen molar-refractivity contribution in [3.05, 3.63) is 76.4 Å². The summed E-state index contributed by atoms with van der Waals surface area (Å²) in [4.78, 5) is 16.8. The van der Waals surface area contributed by atoms with Crippen LogP contribution in [0.5, 0.6) is 0 Å². The maximum atomic E-state index is 11.9. The zero-order chi connectivity index (χ0) is 14.8. The summed E-state index contributed by atoms with van der Waals surface area (Å²) in [5, 5.41) is 3.91. The lowest BCUT2D eigenvalue weighted by atomic mass is 9.98. The monoisotopic (exact) mass is 277 g/mol. The summed E-state index contributed by atoms with van der Waals surface area (Å²) in [7, 11) is 0. The van der Waals surface area contributed by atoms with E-state index in [0.29, 0.717) is 11.3 Å². The fraction of sp³-hybridized carbons (Fsp3) is 0.111. The molecule has 1 aliphatic heterocycles. The number of carbonyl (C=O) groups is 1. The maximum Gasteiger partial charge on any atom is 0.368 e. The van der Waals surface area contributed by atoms with E-state index in [9.17, 15) is 4.79 Å². The van der Waals surface area contributed by atoms with Crippen LogP contribution in [0.15, 0.2) is 59.3 Å². The van der Waals surface area contributed by atoms with Crippen molar-refractivity contribution in [2.24, 2.45) is 5.16 Å². The minimum Gasteiger partial charge on any atom is -0.312 e. The van der Waals surface area contributed by atoms with Gasteiger partial charge in [0.25, 0.3) is 0 Å². The van der Waals surface area contributed by atoms with E-state index in [0.717, 1.165) is 16.7 Å². The molecule has 1 heterocycles. The Kier molecular flexibility index (Phi) is 3.40. The first kappa shape index (κ1) is 13.3. The Labute approximate surface area is 123 Å². The third kappa shape index (κ3) is 2.63. The van der Waals surface area contributed by atoms with Gasteiger partial charge in [-0.05, 0) is 31.1 Å². The molecule has 0 bridgehead atoms. The van der Waals surface area contributed by atoms with Crippen molar-refractivity contribution in [1.82, 2.24) is 0 Å². The minimum absolute atomic E-state index is 0.408. The SMILES string of the molecule is Cc1ccc(/C=C2\C(=O)ON=C2c2ccccc2)c(C)c1. The number of hydrogen-bond donors (Lipinski definition) is 0. The molecule has 2 aromatic carbocycles. The van der Waals surface area contributed by atoms with E-state index >= 15 is 0 Å². The molecule has 0 amide bonds. The molecule has 0 aliphatic carbocycles. The molecule has 0 N–H and O–H groups in total. The average Bonchev–Trinajstić information content (AvgIpc) is 2.84. The van der Waals surface area contributed by atoms with Crippen LogP contribution < -0.4 is 0 Å². The fourth-order valence-electron chi connectivity index (χ4n) is 2.36. The number of benzene rings is 2. The van der Waals surface area contributed by atoms with Crippen molar-refractivity contribution in [3.8, 4) is 0 Å². The lowest BCUT2D eigenvalue weighted by Gasteiger charge is -2.04. The average molecular weight is 277 g/mol. The van der Waals surface area contributed by atoms with Gasteiger partial charge in [-0.1, -0.05) is 59.3 Å². The first-order valence-electron chi connectivity index (χ1n) is 6.79. The van der Waals surface area contributed by atoms with Crippen LogP contribution in [0.3, 0.4) is 0 Å². The number of hydrogen-bond acceptors (Lipinski definition) is 3.